The number of sulfonamides is 1. The zero-order valence-corrected chi connectivity index (χ0v) is 14.8. The smallest absolute Gasteiger partial charge is 0.324 e. The van der Waals surface area contributed by atoms with E-state index in [0.29, 0.717) is 24.7 Å². The summed E-state index contributed by atoms with van der Waals surface area (Å²) < 4.78 is 45.6. The largest absolute Gasteiger partial charge is 0.461 e. The van der Waals surface area contributed by atoms with Gasteiger partial charge < -0.3 is 4.74 Å². The summed E-state index contributed by atoms with van der Waals surface area (Å²) in [4.78, 5) is 12.6. The molecule has 1 aliphatic heterocycles. The number of hydrogen-bond acceptors (Lipinski definition) is 4. The summed E-state index contributed by atoms with van der Waals surface area (Å²) in [5, 5.41) is 0. The highest BCUT2D eigenvalue weighted by atomic mass is 32.2. The highest BCUT2D eigenvalue weighted by Gasteiger charge is 2.45. The van der Waals surface area contributed by atoms with Gasteiger partial charge in [0.25, 0.3) is 0 Å². The summed E-state index contributed by atoms with van der Waals surface area (Å²) in [5.74, 6) is 0.177. The van der Waals surface area contributed by atoms with E-state index in [0.717, 1.165) is 31.4 Å². The van der Waals surface area contributed by atoms with Gasteiger partial charge in [0.2, 0.25) is 10.0 Å². The van der Waals surface area contributed by atoms with Crippen molar-refractivity contribution in [2.45, 2.75) is 55.6 Å². The van der Waals surface area contributed by atoms with Crippen LogP contribution in [0, 0.1) is 17.7 Å². The highest BCUT2D eigenvalue weighted by Crippen LogP contribution is 2.46. The van der Waals surface area contributed by atoms with Crippen LogP contribution in [0.3, 0.4) is 0 Å². The highest BCUT2D eigenvalue weighted by molar-refractivity contribution is 7.89. The van der Waals surface area contributed by atoms with E-state index in [1.165, 1.54) is 22.9 Å². The third-order valence-corrected chi connectivity index (χ3v) is 7.76. The number of esters is 1. The minimum atomic E-state index is -3.83. The SMILES string of the molecule is O=C(O[C@@H]1C[C@H]2CC[C@H]1C2)[C@H]1CCCN1S(=O)(=O)c1ccc(F)cc1. The van der Waals surface area contributed by atoms with Crippen LogP contribution in [0.4, 0.5) is 4.39 Å². The third-order valence-electron chi connectivity index (χ3n) is 5.84. The molecular weight excluding hydrogens is 345 g/mol. The summed E-state index contributed by atoms with van der Waals surface area (Å²) in [6, 6.07) is 3.94. The Morgan fingerprint density at radius 3 is 2.52 bits per heavy atom. The van der Waals surface area contributed by atoms with Gasteiger partial charge in [-0.3, -0.25) is 4.79 Å². The molecule has 1 aromatic carbocycles. The number of halogens is 1. The van der Waals surface area contributed by atoms with Crippen molar-refractivity contribution in [2.24, 2.45) is 11.8 Å². The molecule has 0 aromatic heterocycles. The lowest BCUT2D eigenvalue weighted by molar-refractivity contribution is -0.155. The van der Waals surface area contributed by atoms with Crippen LogP contribution in [0.1, 0.15) is 38.5 Å². The van der Waals surface area contributed by atoms with Gasteiger partial charge in [-0.05, 0) is 74.6 Å². The van der Waals surface area contributed by atoms with E-state index < -0.39 is 27.9 Å². The molecule has 3 fully saturated rings. The van der Waals surface area contributed by atoms with Crippen LogP contribution in [0.25, 0.3) is 0 Å². The lowest BCUT2D eigenvalue weighted by Crippen LogP contribution is -2.43. The standard InChI is InChI=1S/C18H22FNO4S/c19-14-5-7-15(8-6-14)25(22,23)20-9-1-2-16(20)18(21)24-17-11-12-3-4-13(17)10-12/h5-8,12-13,16-17H,1-4,9-11H2/t12-,13-,16+,17+/m0/s1. The lowest BCUT2D eigenvalue weighted by atomic mass is 9.98. The molecule has 0 amide bonds. The molecule has 1 heterocycles. The number of ether oxygens (including phenoxy) is 1. The zero-order valence-electron chi connectivity index (χ0n) is 13.9. The average molecular weight is 367 g/mol. The maximum absolute atomic E-state index is 13.1. The van der Waals surface area contributed by atoms with Crippen molar-refractivity contribution >= 4 is 16.0 Å². The normalized spacial score (nSPS) is 32.2. The van der Waals surface area contributed by atoms with Gasteiger partial charge in [0.15, 0.2) is 0 Å². The summed E-state index contributed by atoms with van der Waals surface area (Å²) in [7, 11) is -3.83. The van der Waals surface area contributed by atoms with Crippen LogP contribution < -0.4 is 0 Å². The van der Waals surface area contributed by atoms with Crippen molar-refractivity contribution in [1.82, 2.24) is 4.31 Å². The first-order valence-electron chi connectivity index (χ1n) is 8.93. The van der Waals surface area contributed by atoms with Gasteiger partial charge in [0.1, 0.15) is 18.0 Å². The predicted octanol–water partition coefficient (Wildman–Crippen LogP) is 2.71. The minimum Gasteiger partial charge on any atom is -0.461 e. The monoisotopic (exact) mass is 367 g/mol. The zero-order chi connectivity index (χ0) is 17.6. The van der Waals surface area contributed by atoms with E-state index in [9.17, 15) is 17.6 Å². The Hall–Kier alpha value is -1.47. The molecule has 2 aliphatic carbocycles. The molecule has 5 nitrogen and oxygen atoms in total. The molecule has 0 radical (unpaired) electrons. The van der Waals surface area contributed by atoms with Gasteiger partial charge in [0.05, 0.1) is 4.90 Å². The van der Waals surface area contributed by atoms with E-state index in [2.05, 4.69) is 0 Å². The van der Waals surface area contributed by atoms with Gasteiger partial charge in [-0.1, -0.05) is 0 Å². The molecule has 1 aromatic rings. The quantitative estimate of drug-likeness (QED) is 0.768. The van der Waals surface area contributed by atoms with Crippen LogP contribution >= 0.6 is 0 Å². The molecule has 25 heavy (non-hydrogen) atoms. The molecular formula is C18H22FNO4S. The molecule has 3 aliphatic rings. The fourth-order valence-corrected chi connectivity index (χ4v) is 6.21. The Morgan fingerprint density at radius 2 is 1.88 bits per heavy atom. The maximum atomic E-state index is 13.1. The van der Waals surface area contributed by atoms with Gasteiger partial charge >= 0.3 is 5.97 Å². The number of benzene rings is 1. The first kappa shape index (κ1) is 17.0. The summed E-state index contributed by atoms with van der Waals surface area (Å²) in [6.45, 7) is 0.288. The molecule has 0 spiro atoms. The van der Waals surface area contributed by atoms with Crippen LogP contribution in [-0.4, -0.2) is 37.4 Å². The van der Waals surface area contributed by atoms with Crippen molar-refractivity contribution in [2.75, 3.05) is 6.54 Å². The van der Waals surface area contributed by atoms with Gasteiger partial charge in [0, 0.05) is 6.54 Å². The number of rotatable bonds is 4. The molecule has 1 saturated heterocycles. The Labute approximate surface area is 147 Å². The molecule has 136 valence electrons. The van der Waals surface area contributed by atoms with Crippen LogP contribution in [0.15, 0.2) is 29.2 Å². The summed E-state index contributed by atoms with van der Waals surface area (Å²) in [6.07, 6.45) is 5.39. The number of fused-ring (bicyclic) bond motifs is 2. The Balaban J connectivity index is 1.49. The molecule has 0 N–H and O–H groups in total. The molecule has 2 saturated carbocycles. The van der Waals surface area contributed by atoms with Crippen LogP contribution in [-0.2, 0) is 19.6 Å². The number of carbonyl (C=O) groups is 1. The van der Waals surface area contributed by atoms with E-state index >= 15 is 0 Å². The molecule has 7 heteroatoms. The second kappa shape index (κ2) is 6.36. The number of hydrogen-bond donors (Lipinski definition) is 0. The van der Waals surface area contributed by atoms with Crippen molar-refractivity contribution in [3.63, 3.8) is 0 Å². The predicted molar refractivity (Wildman–Crippen MR) is 88.6 cm³/mol. The Bertz CT molecular complexity index is 764. The number of nitrogens with zero attached hydrogens (tertiary/aromatic N) is 1. The number of carbonyl (C=O) groups excluding carboxylic acids is 1. The van der Waals surface area contributed by atoms with E-state index in [-0.39, 0.29) is 17.5 Å². The third kappa shape index (κ3) is 3.08. The van der Waals surface area contributed by atoms with Crippen molar-refractivity contribution in [3.05, 3.63) is 30.1 Å². The minimum absolute atomic E-state index is 0.00789. The van der Waals surface area contributed by atoms with E-state index in [1.54, 1.807) is 0 Å². The molecule has 4 rings (SSSR count). The summed E-state index contributed by atoms with van der Waals surface area (Å²) in [5.41, 5.74) is 0. The van der Waals surface area contributed by atoms with Crippen molar-refractivity contribution < 1.29 is 22.3 Å². The second-order valence-corrected chi connectivity index (χ2v) is 9.27. The van der Waals surface area contributed by atoms with Crippen molar-refractivity contribution in [1.29, 1.82) is 0 Å². The topological polar surface area (TPSA) is 63.7 Å². The van der Waals surface area contributed by atoms with Gasteiger partial charge in [-0.25, -0.2) is 12.8 Å². The Morgan fingerprint density at radius 1 is 1.12 bits per heavy atom. The van der Waals surface area contributed by atoms with E-state index in [4.69, 9.17) is 4.74 Å². The first-order valence-corrected chi connectivity index (χ1v) is 10.4. The van der Waals surface area contributed by atoms with Gasteiger partial charge in [-0.2, -0.15) is 4.31 Å². The van der Waals surface area contributed by atoms with Crippen molar-refractivity contribution in [3.8, 4) is 0 Å². The molecule has 0 unspecified atom stereocenters. The maximum Gasteiger partial charge on any atom is 0.324 e. The van der Waals surface area contributed by atoms with Crippen LogP contribution in [0.2, 0.25) is 0 Å². The first-order chi connectivity index (χ1) is 11.9. The fourth-order valence-electron chi connectivity index (χ4n) is 4.56. The van der Waals surface area contributed by atoms with Gasteiger partial charge in [-0.15, -0.1) is 0 Å². The summed E-state index contributed by atoms with van der Waals surface area (Å²) >= 11 is 0. The Kier molecular flexibility index (Phi) is 4.32. The molecule has 4 atom stereocenters. The second-order valence-electron chi connectivity index (χ2n) is 7.38. The lowest BCUT2D eigenvalue weighted by Gasteiger charge is -2.27. The average Bonchev–Trinajstić information content (AvgIpc) is 3.31. The van der Waals surface area contributed by atoms with Crippen LogP contribution in [0.5, 0.6) is 0 Å². The fraction of sp³-hybridized carbons (Fsp3) is 0.611. The molecule has 2 bridgehead atoms. The van der Waals surface area contributed by atoms with E-state index in [1.807, 2.05) is 0 Å².